The third kappa shape index (κ3) is 3.33. The number of benzene rings is 1. The molecule has 1 amide bonds. The molecule has 1 aromatic carbocycles. The first kappa shape index (κ1) is 15.7. The summed E-state index contributed by atoms with van der Waals surface area (Å²) in [7, 11) is 3.64. The largest absolute Gasteiger partial charge is 0.396 e. The molecule has 21 heavy (non-hydrogen) atoms. The van der Waals surface area contributed by atoms with Gasteiger partial charge in [-0.2, -0.15) is 0 Å². The van der Waals surface area contributed by atoms with Gasteiger partial charge in [0.25, 0.3) is 5.91 Å². The summed E-state index contributed by atoms with van der Waals surface area (Å²) in [5.74, 6) is -0.132. The monoisotopic (exact) mass is 321 g/mol. The van der Waals surface area contributed by atoms with Gasteiger partial charge in [0.1, 0.15) is 9.88 Å². The van der Waals surface area contributed by atoms with Gasteiger partial charge in [-0.1, -0.05) is 30.3 Å². The molecule has 0 bridgehead atoms. The van der Waals surface area contributed by atoms with Crippen LogP contribution in [0.5, 0.6) is 0 Å². The van der Waals surface area contributed by atoms with E-state index in [1.54, 1.807) is 18.8 Å². The minimum atomic E-state index is -0.132. The highest BCUT2D eigenvalue weighted by Crippen LogP contribution is 2.43. The highest BCUT2D eigenvalue weighted by Gasteiger charge is 2.22. The van der Waals surface area contributed by atoms with E-state index in [0.717, 1.165) is 16.4 Å². The van der Waals surface area contributed by atoms with Crippen LogP contribution in [0.25, 0.3) is 0 Å². The average Bonchev–Trinajstić information content (AvgIpc) is 2.84. The van der Waals surface area contributed by atoms with Gasteiger partial charge in [0, 0.05) is 20.6 Å². The summed E-state index contributed by atoms with van der Waals surface area (Å²) in [5, 5.41) is 3.67. The van der Waals surface area contributed by atoms with Crippen LogP contribution in [0.3, 0.4) is 0 Å². The molecule has 4 nitrogen and oxygen atoms in total. The fourth-order valence-electron chi connectivity index (χ4n) is 2.08. The first-order chi connectivity index (χ1) is 10.1. The smallest absolute Gasteiger partial charge is 0.263 e. The van der Waals surface area contributed by atoms with Crippen molar-refractivity contribution >= 4 is 39.7 Å². The van der Waals surface area contributed by atoms with E-state index in [9.17, 15) is 4.79 Å². The quantitative estimate of drug-likeness (QED) is 0.831. The number of carbonyl (C=O) groups excluding carboxylic acids is 1. The number of nitrogens with zero attached hydrogens (tertiary/aromatic N) is 1. The summed E-state index contributed by atoms with van der Waals surface area (Å²) in [4.78, 5) is 15.6. The Kier molecular flexibility index (Phi) is 5.14. The summed E-state index contributed by atoms with van der Waals surface area (Å²) < 4.78 is 0. The lowest BCUT2D eigenvalue weighted by molar-refractivity contribution is 0.0968. The first-order valence-corrected chi connectivity index (χ1v) is 8.56. The molecule has 0 spiro atoms. The number of hydrogen-bond donors (Lipinski definition) is 2. The van der Waals surface area contributed by atoms with E-state index in [1.165, 1.54) is 16.9 Å². The Labute approximate surface area is 133 Å². The molecule has 3 N–H and O–H groups in total. The lowest BCUT2D eigenvalue weighted by Crippen LogP contribution is -2.17. The van der Waals surface area contributed by atoms with E-state index in [0.29, 0.717) is 10.6 Å². The molecular weight excluding hydrogens is 302 g/mol. The maximum absolute atomic E-state index is 11.9. The highest BCUT2D eigenvalue weighted by atomic mass is 32.2. The summed E-state index contributed by atoms with van der Waals surface area (Å²) in [5.41, 5.74) is 7.92. The number of carbonyl (C=O) groups is 1. The van der Waals surface area contributed by atoms with E-state index in [2.05, 4.69) is 22.3 Å². The van der Waals surface area contributed by atoms with Crippen LogP contribution in [0.4, 0.5) is 10.7 Å². The van der Waals surface area contributed by atoms with Gasteiger partial charge in [-0.05, 0) is 11.8 Å². The summed E-state index contributed by atoms with van der Waals surface area (Å²) >= 11 is 3.01. The molecule has 0 saturated carbocycles. The third-order valence-corrected chi connectivity index (χ3v) is 5.40. The number of anilines is 2. The normalized spacial score (nSPS) is 10.4. The molecule has 0 aliphatic heterocycles. The van der Waals surface area contributed by atoms with Crippen LogP contribution in [-0.2, 0) is 6.54 Å². The van der Waals surface area contributed by atoms with Crippen molar-refractivity contribution in [3.63, 3.8) is 0 Å². The molecule has 2 aromatic rings. The molecule has 0 aliphatic carbocycles. The molecule has 0 fully saturated rings. The molecule has 6 heteroatoms. The van der Waals surface area contributed by atoms with Gasteiger partial charge in [0.05, 0.1) is 10.6 Å². The fourth-order valence-corrected chi connectivity index (χ4v) is 4.19. The van der Waals surface area contributed by atoms with Crippen molar-refractivity contribution in [2.45, 2.75) is 11.4 Å². The van der Waals surface area contributed by atoms with Crippen molar-refractivity contribution in [1.29, 1.82) is 0 Å². The number of amides is 1. The lowest BCUT2D eigenvalue weighted by Gasteiger charge is -2.18. The number of thiophene rings is 1. The van der Waals surface area contributed by atoms with Crippen molar-refractivity contribution in [3.8, 4) is 0 Å². The van der Waals surface area contributed by atoms with E-state index >= 15 is 0 Å². The second-order valence-corrected chi connectivity index (χ2v) is 6.42. The topological polar surface area (TPSA) is 58.4 Å². The Morgan fingerprint density at radius 1 is 1.38 bits per heavy atom. The third-order valence-electron chi connectivity index (χ3n) is 3.13. The van der Waals surface area contributed by atoms with Crippen molar-refractivity contribution in [2.75, 3.05) is 31.0 Å². The van der Waals surface area contributed by atoms with Crippen molar-refractivity contribution < 1.29 is 4.79 Å². The predicted octanol–water partition coefficient (Wildman–Crippen LogP) is 3.05. The second kappa shape index (κ2) is 6.87. The Morgan fingerprint density at radius 2 is 2.05 bits per heavy atom. The summed E-state index contributed by atoms with van der Waals surface area (Å²) in [6, 6.07) is 10.2. The summed E-state index contributed by atoms with van der Waals surface area (Å²) in [6.45, 7) is 0.779. The van der Waals surface area contributed by atoms with Crippen molar-refractivity contribution in [1.82, 2.24) is 5.32 Å². The second-order valence-electron chi connectivity index (χ2n) is 4.60. The van der Waals surface area contributed by atoms with Gasteiger partial charge in [-0.25, -0.2) is 0 Å². The van der Waals surface area contributed by atoms with Gasteiger partial charge in [0.2, 0.25) is 0 Å². The van der Waals surface area contributed by atoms with Crippen LogP contribution in [0.1, 0.15) is 15.2 Å². The lowest BCUT2D eigenvalue weighted by atomic mass is 10.2. The molecule has 1 heterocycles. The fraction of sp³-hybridized carbons (Fsp3) is 0.267. The minimum Gasteiger partial charge on any atom is -0.396 e. The van der Waals surface area contributed by atoms with Gasteiger partial charge in [-0.3, -0.25) is 4.79 Å². The number of hydrogen-bond acceptors (Lipinski definition) is 5. The number of nitrogens with one attached hydrogen (secondary N) is 1. The molecular formula is C15H19N3OS2. The Hall–Kier alpha value is -1.66. The van der Waals surface area contributed by atoms with Crippen molar-refractivity contribution in [3.05, 3.63) is 40.8 Å². The number of thioether (sulfide) groups is 1. The molecule has 0 unspecified atom stereocenters. The van der Waals surface area contributed by atoms with Crippen LogP contribution in [0.15, 0.2) is 35.2 Å². The van der Waals surface area contributed by atoms with Crippen LogP contribution in [0, 0.1) is 0 Å². The molecule has 0 atom stereocenters. The number of nitrogen functional groups attached to an aromatic ring is 1. The predicted molar refractivity (Wildman–Crippen MR) is 92.5 cm³/mol. The molecule has 1 aromatic heterocycles. The zero-order valence-electron chi connectivity index (χ0n) is 12.3. The van der Waals surface area contributed by atoms with E-state index in [1.807, 2.05) is 31.5 Å². The van der Waals surface area contributed by atoms with E-state index in [4.69, 9.17) is 5.73 Å². The zero-order valence-corrected chi connectivity index (χ0v) is 14.0. The summed E-state index contributed by atoms with van der Waals surface area (Å²) in [6.07, 6.45) is 1.98. The molecule has 2 rings (SSSR count). The SMILES string of the molecule is CNC(=O)c1sc(N(C)Cc2ccccc2)c(SC)c1N. The van der Waals surface area contributed by atoms with Crippen molar-refractivity contribution in [2.24, 2.45) is 0 Å². The van der Waals surface area contributed by atoms with Gasteiger partial charge < -0.3 is 16.0 Å². The van der Waals surface area contributed by atoms with Gasteiger partial charge >= 0.3 is 0 Å². The Morgan fingerprint density at radius 3 is 2.62 bits per heavy atom. The zero-order chi connectivity index (χ0) is 15.4. The number of rotatable bonds is 5. The molecule has 112 valence electrons. The molecule has 0 saturated heterocycles. The van der Waals surface area contributed by atoms with Gasteiger partial charge in [0.15, 0.2) is 0 Å². The highest BCUT2D eigenvalue weighted by molar-refractivity contribution is 7.99. The molecule has 0 aliphatic rings. The van der Waals surface area contributed by atoms with E-state index < -0.39 is 0 Å². The van der Waals surface area contributed by atoms with Crippen LogP contribution in [0.2, 0.25) is 0 Å². The Balaban J connectivity index is 2.32. The standard InChI is InChI=1S/C15H19N3OS2/c1-17-14(19)12-11(16)13(20-3)15(21-12)18(2)9-10-7-5-4-6-8-10/h4-8H,9,16H2,1-3H3,(H,17,19). The maximum Gasteiger partial charge on any atom is 0.263 e. The van der Waals surface area contributed by atoms with Gasteiger partial charge in [-0.15, -0.1) is 23.1 Å². The Bertz CT molecular complexity index is 625. The van der Waals surface area contributed by atoms with Crippen LogP contribution in [-0.4, -0.2) is 26.3 Å². The average molecular weight is 321 g/mol. The van der Waals surface area contributed by atoms with Crippen LogP contribution < -0.4 is 16.0 Å². The molecule has 0 radical (unpaired) electrons. The maximum atomic E-state index is 11.9. The van der Waals surface area contributed by atoms with Crippen LogP contribution >= 0.6 is 23.1 Å². The first-order valence-electron chi connectivity index (χ1n) is 6.51. The van der Waals surface area contributed by atoms with E-state index in [-0.39, 0.29) is 5.91 Å². The minimum absolute atomic E-state index is 0.132. The number of nitrogens with two attached hydrogens (primary N) is 1.